The minimum Gasteiger partial charge on any atom is -0.448 e. The molecule has 4 heterocycles. The van der Waals surface area contributed by atoms with E-state index in [1.54, 1.807) is 12.0 Å². The van der Waals surface area contributed by atoms with E-state index < -0.39 is 5.79 Å². The Balaban J connectivity index is 1.18. The van der Waals surface area contributed by atoms with Crippen molar-refractivity contribution in [3.63, 3.8) is 0 Å². The molecule has 222 valence electrons. The van der Waals surface area contributed by atoms with Gasteiger partial charge in [-0.15, -0.1) is 0 Å². The molecule has 0 unspecified atom stereocenters. The number of rotatable bonds is 5. The number of ether oxygens (including phenoxy) is 3. The number of nitriles is 1. The quantitative estimate of drug-likeness (QED) is 0.571. The summed E-state index contributed by atoms with van der Waals surface area (Å²) in [5.41, 5.74) is 4.38. The van der Waals surface area contributed by atoms with Gasteiger partial charge >= 0.3 is 0 Å². The van der Waals surface area contributed by atoms with Gasteiger partial charge in [-0.05, 0) is 76.5 Å². The van der Waals surface area contributed by atoms with E-state index in [2.05, 4.69) is 16.0 Å². The number of carbonyl (C=O) groups is 1. The molecule has 9 nitrogen and oxygen atoms in total. The minimum absolute atomic E-state index is 0.152. The van der Waals surface area contributed by atoms with Crippen molar-refractivity contribution in [3.8, 4) is 17.6 Å². The highest BCUT2D eigenvalue weighted by molar-refractivity contribution is 6.01. The van der Waals surface area contributed by atoms with Gasteiger partial charge in [-0.3, -0.25) is 14.5 Å². The first-order valence-electron chi connectivity index (χ1n) is 15.3. The molecule has 42 heavy (non-hydrogen) atoms. The number of nitrogens with one attached hydrogen (secondary N) is 1. The topological polar surface area (TPSA) is 108 Å². The van der Waals surface area contributed by atoms with Crippen molar-refractivity contribution in [2.24, 2.45) is 5.92 Å². The zero-order valence-corrected chi connectivity index (χ0v) is 25.3. The van der Waals surface area contributed by atoms with Crippen molar-refractivity contribution in [2.45, 2.75) is 96.1 Å². The van der Waals surface area contributed by atoms with Crippen LogP contribution >= 0.6 is 0 Å². The molecule has 7 rings (SSSR count). The number of likely N-dealkylation sites (tertiary alicyclic amines) is 1. The predicted molar refractivity (Wildman–Crippen MR) is 156 cm³/mol. The molecule has 0 bridgehead atoms. The molecule has 1 aromatic carbocycles. The van der Waals surface area contributed by atoms with Gasteiger partial charge in [0.1, 0.15) is 11.6 Å². The zero-order chi connectivity index (χ0) is 29.6. The number of amides is 1. The number of benzene rings is 1. The second-order valence-corrected chi connectivity index (χ2v) is 13.4. The lowest BCUT2D eigenvalue weighted by Crippen LogP contribution is -2.57. The fourth-order valence-corrected chi connectivity index (χ4v) is 8.05. The molecule has 3 fully saturated rings. The Morgan fingerprint density at radius 2 is 1.79 bits per heavy atom. The van der Waals surface area contributed by atoms with Crippen LogP contribution in [0.25, 0.3) is 0 Å². The molecule has 1 amide bonds. The Kier molecular flexibility index (Phi) is 6.27. The maximum atomic E-state index is 14.2. The second-order valence-electron chi connectivity index (χ2n) is 13.4. The second kappa shape index (κ2) is 9.58. The summed E-state index contributed by atoms with van der Waals surface area (Å²) in [7, 11) is 1.78. The van der Waals surface area contributed by atoms with Crippen LogP contribution in [0.4, 0.5) is 0 Å². The molecular weight excluding hydrogens is 532 g/mol. The molecule has 1 saturated heterocycles. The Morgan fingerprint density at radius 1 is 1.10 bits per heavy atom. The van der Waals surface area contributed by atoms with Crippen molar-refractivity contribution in [1.82, 2.24) is 14.8 Å². The Morgan fingerprint density at radius 3 is 2.40 bits per heavy atom. The molecule has 0 radical (unpaired) electrons. The first-order valence-corrected chi connectivity index (χ1v) is 15.3. The number of hydrogen-bond donors (Lipinski definition) is 1. The number of nitrogens with zero attached hydrogens (tertiary/aromatic N) is 3. The lowest BCUT2D eigenvalue weighted by molar-refractivity contribution is -0.130. The third-order valence-electron chi connectivity index (χ3n) is 10.8. The minimum atomic E-state index is -0.886. The maximum Gasteiger partial charge on any atom is 0.254 e. The Labute approximate surface area is 246 Å². The van der Waals surface area contributed by atoms with Crippen molar-refractivity contribution in [1.29, 1.82) is 5.26 Å². The number of pyridine rings is 1. The van der Waals surface area contributed by atoms with Crippen molar-refractivity contribution in [3.05, 3.63) is 55.5 Å². The number of hydrogen-bond acceptors (Lipinski definition) is 7. The third kappa shape index (κ3) is 4.10. The van der Waals surface area contributed by atoms with Gasteiger partial charge in [0.2, 0.25) is 0 Å². The molecule has 3 aliphatic heterocycles. The van der Waals surface area contributed by atoms with E-state index in [0.29, 0.717) is 46.9 Å². The van der Waals surface area contributed by atoms with Gasteiger partial charge in [-0.2, -0.15) is 5.26 Å². The molecule has 1 spiro atoms. The summed E-state index contributed by atoms with van der Waals surface area (Å²) in [6.07, 6.45) is 6.24. The van der Waals surface area contributed by atoms with E-state index in [1.165, 1.54) is 0 Å². The van der Waals surface area contributed by atoms with E-state index in [-0.39, 0.29) is 29.3 Å². The van der Waals surface area contributed by atoms with Gasteiger partial charge in [0.25, 0.3) is 17.3 Å². The number of H-pyrrole nitrogens is 1. The van der Waals surface area contributed by atoms with E-state index in [4.69, 9.17) is 14.2 Å². The lowest BCUT2D eigenvalue weighted by atomic mass is 9.80. The van der Waals surface area contributed by atoms with E-state index in [1.807, 2.05) is 33.8 Å². The van der Waals surface area contributed by atoms with Crippen LogP contribution in [0.2, 0.25) is 0 Å². The van der Waals surface area contributed by atoms with Gasteiger partial charge in [-0.25, -0.2) is 0 Å². The summed E-state index contributed by atoms with van der Waals surface area (Å²) in [6, 6.07) is 4.93. The predicted octanol–water partition coefficient (Wildman–Crippen LogP) is 4.24. The van der Waals surface area contributed by atoms with Gasteiger partial charge < -0.3 is 24.1 Å². The molecule has 1 N–H and O–H groups in total. The van der Waals surface area contributed by atoms with Crippen molar-refractivity contribution < 1.29 is 19.0 Å². The van der Waals surface area contributed by atoms with Crippen molar-refractivity contribution in [2.75, 3.05) is 26.7 Å². The molecule has 1 atom stereocenters. The zero-order valence-electron chi connectivity index (χ0n) is 25.3. The van der Waals surface area contributed by atoms with Crippen LogP contribution in [-0.4, -0.2) is 65.4 Å². The first kappa shape index (κ1) is 27.5. The van der Waals surface area contributed by atoms with Crippen LogP contribution < -0.4 is 15.0 Å². The largest absolute Gasteiger partial charge is 0.448 e. The number of fused-ring (bicyclic) bond motifs is 3. The number of aromatic amines is 1. The highest BCUT2D eigenvalue weighted by Crippen LogP contribution is 2.60. The molecule has 1 aromatic heterocycles. The molecule has 5 aliphatic rings. The van der Waals surface area contributed by atoms with Gasteiger partial charge in [-0.1, -0.05) is 0 Å². The summed E-state index contributed by atoms with van der Waals surface area (Å²) >= 11 is 0. The average Bonchev–Trinajstić information content (AvgIpc) is 3.60. The maximum absolute atomic E-state index is 14.2. The van der Waals surface area contributed by atoms with Crippen LogP contribution in [-0.2, 0) is 16.7 Å². The number of carbonyl (C=O) groups excluding carboxylic acids is 1. The molecule has 9 heteroatoms. The lowest BCUT2D eigenvalue weighted by Gasteiger charge is -2.47. The van der Waals surface area contributed by atoms with Crippen LogP contribution in [0.1, 0.15) is 89.3 Å². The standard InChI is InChI=1S/C33H40N4O5/c1-18-12-19(2)35-30(38)25(18)16-37-17-33(10-11-33)27-24(13-34)29-28(20(3)26(27)31(37)39)41-32(4,42-29)21-6-8-22(9-7-21)36-14-23(15-36)40-5/h12,21-23H,6-11,14-17H2,1-5H3,(H,35,38)/t21?,22?,32-/m0/s1. The molecule has 2 aliphatic carbocycles. The van der Waals surface area contributed by atoms with E-state index in [9.17, 15) is 14.9 Å². The number of aromatic nitrogens is 1. The summed E-state index contributed by atoms with van der Waals surface area (Å²) in [6.45, 7) is 10.4. The van der Waals surface area contributed by atoms with Crippen LogP contribution in [0, 0.1) is 38.0 Å². The third-order valence-corrected chi connectivity index (χ3v) is 10.8. The Hall–Kier alpha value is -3.35. The average molecular weight is 573 g/mol. The fourth-order valence-electron chi connectivity index (χ4n) is 8.05. The smallest absolute Gasteiger partial charge is 0.254 e. The van der Waals surface area contributed by atoms with Gasteiger partial charge in [0.05, 0.1) is 18.2 Å². The van der Waals surface area contributed by atoms with Crippen LogP contribution in [0.15, 0.2) is 10.9 Å². The summed E-state index contributed by atoms with van der Waals surface area (Å²) in [5.74, 6) is 0.171. The number of methoxy groups -OCH3 is 1. The normalized spacial score (nSPS) is 28.0. The summed E-state index contributed by atoms with van der Waals surface area (Å²) in [4.78, 5) is 34.2. The Bertz CT molecular complexity index is 1570. The van der Waals surface area contributed by atoms with Crippen molar-refractivity contribution >= 4 is 5.91 Å². The van der Waals surface area contributed by atoms with Gasteiger partial charge in [0.15, 0.2) is 11.5 Å². The number of aryl methyl sites for hydroxylation is 2. The SMILES string of the molecule is COC1CN(C2CCC([C@@]3(C)Oc4c(C)c5c(c(C#N)c4O3)C3(CC3)CN(Cc3c(C)cc(C)[nH]c3=O)C5=O)CC2)C1. The van der Waals surface area contributed by atoms with Crippen LogP contribution in [0.5, 0.6) is 11.5 Å². The monoisotopic (exact) mass is 572 g/mol. The van der Waals surface area contributed by atoms with Crippen LogP contribution in [0.3, 0.4) is 0 Å². The highest BCUT2D eigenvalue weighted by Gasteiger charge is 2.57. The van der Waals surface area contributed by atoms with E-state index >= 15 is 0 Å². The summed E-state index contributed by atoms with van der Waals surface area (Å²) < 4.78 is 18.8. The molecule has 2 aromatic rings. The fraction of sp³-hybridized carbons (Fsp3) is 0.606. The highest BCUT2D eigenvalue weighted by atomic mass is 16.7. The molecule has 2 saturated carbocycles. The first-order chi connectivity index (χ1) is 20.1. The summed E-state index contributed by atoms with van der Waals surface area (Å²) in [5, 5.41) is 10.5. The van der Waals surface area contributed by atoms with E-state index in [0.717, 1.165) is 74.0 Å². The van der Waals surface area contributed by atoms with Gasteiger partial charge in [0, 0.05) is 67.9 Å². The molecular formula is C33H40N4O5.